The van der Waals surface area contributed by atoms with Crippen LogP contribution in [0.15, 0.2) is 61.2 Å². The molecule has 1 aliphatic rings. The summed E-state index contributed by atoms with van der Waals surface area (Å²) in [5.41, 5.74) is -0.392. The first kappa shape index (κ1) is 29.3. The lowest BCUT2D eigenvalue weighted by Gasteiger charge is -2.33. The first-order valence-electron chi connectivity index (χ1n) is 13.2. The predicted octanol–water partition coefficient (Wildman–Crippen LogP) is 2.60. The van der Waals surface area contributed by atoms with E-state index < -0.39 is 5.60 Å². The van der Waals surface area contributed by atoms with E-state index in [9.17, 15) is 14.3 Å². The van der Waals surface area contributed by atoms with Crippen LogP contribution >= 0.6 is 0 Å². The van der Waals surface area contributed by atoms with Gasteiger partial charge in [0.2, 0.25) is 5.91 Å². The molecule has 2 aromatic carbocycles. The molecule has 216 valence electrons. The normalized spacial score (nSPS) is 17.9. The number of β-amino-alcohol motifs (C(OH)–C–C–N with tert-alkyl or cyclic N) is 1. The van der Waals surface area contributed by atoms with Crippen LogP contribution in [0.4, 0.5) is 4.39 Å². The number of rotatable bonds is 13. The van der Waals surface area contributed by atoms with Crippen molar-refractivity contribution >= 4 is 5.91 Å². The van der Waals surface area contributed by atoms with Gasteiger partial charge in [0.1, 0.15) is 30.4 Å². The Hall–Kier alpha value is -3.67. The Labute approximate surface area is 233 Å². The van der Waals surface area contributed by atoms with Crippen molar-refractivity contribution in [1.29, 1.82) is 0 Å². The summed E-state index contributed by atoms with van der Waals surface area (Å²) in [5.74, 6) is 1.14. The minimum absolute atomic E-state index is 0.0697. The quantitative estimate of drug-likeness (QED) is 0.321. The predicted molar refractivity (Wildman–Crippen MR) is 146 cm³/mol. The lowest BCUT2D eigenvalue weighted by atomic mass is 10.0. The zero-order chi connectivity index (χ0) is 28.4. The van der Waals surface area contributed by atoms with Gasteiger partial charge in [-0.1, -0.05) is 6.07 Å². The number of benzene rings is 2. The summed E-state index contributed by atoms with van der Waals surface area (Å²) >= 11 is 0. The molecular formula is C29H37FN4O6. The van der Waals surface area contributed by atoms with Crippen molar-refractivity contribution in [2.45, 2.75) is 25.1 Å². The molecule has 0 saturated carbocycles. The lowest BCUT2D eigenvalue weighted by molar-refractivity contribution is -0.138. The van der Waals surface area contributed by atoms with E-state index in [1.54, 1.807) is 24.5 Å². The highest BCUT2D eigenvalue weighted by Crippen LogP contribution is 2.29. The molecule has 1 aromatic heterocycles. The van der Waals surface area contributed by atoms with E-state index in [0.717, 1.165) is 18.5 Å². The summed E-state index contributed by atoms with van der Waals surface area (Å²) in [6.45, 7) is 3.00. The van der Waals surface area contributed by atoms with Crippen molar-refractivity contribution in [2.75, 3.05) is 60.2 Å². The Morgan fingerprint density at radius 2 is 1.90 bits per heavy atom. The average Bonchev–Trinajstić information content (AvgIpc) is 3.41. The summed E-state index contributed by atoms with van der Waals surface area (Å²) in [6, 6.07) is 11.4. The van der Waals surface area contributed by atoms with Crippen molar-refractivity contribution in [3.8, 4) is 17.2 Å². The fourth-order valence-corrected chi connectivity index (χ4v) is 4.68. The van der Waals surface area contributed by atoms with Gasteiger partial charge in [-0.25, -0.2) is 9.37 Å². The monoisotopic (exact) mass is 556 g/mol. The number of carbonyl (C=O) groups is 1. The topological polar surface area (TPSA) is 98.5 Å². The molecule has 4 rings (SSSR count). The van der Waals surface area contributed by atoms with E-state index in [0.29, 0.717) is 43.5 Å². The number of amides is 1. The number of carbonyl (C=O) groups excluding carboxylic acids is 1. The molecule has 0 aliphatic carbocycles. The van der Waals surface area contributed by atoms with Gasteiger partial charge in [0.25, 0.3) is 0 Å². The van der Waals surface area contributed by atoms with E-state index >= 15 is 0 Å². The third kappa shape index (κ3) is 8.41. The molecule has 2 heterocycles. The summed E-state index contributed by atoms with van der Waals surface area (Å²) in [5, 5.41) is 11.6. The lowest BCUT2D eigenvalue weighted by Crippen LogP contribution is -2.52. The Balaban J connectivity index is 1.43. The number of imidazole rings is 1. The van der Waals surface area contributed by atoms with Gasteiger partial charge in [0.05, 0.1) is 26.6 Å². The van der Waals surface area contributed by atoms with E-state index in [4.69, 9.17) is 18.9 Å². The molecule has 0 radical (unpaired) electrons. The van der Waals surface area contributed by atoms with Crippen LogP contribution in [0.3, 0.4) is 0 Å². The van der Waals surface area contributed by atoms with Crippen LogP contribution in [0, 0.1) is 5.82 Å². The largest absolute Gasteiger partial charge is 0.493 e. The number of ether oxygens (including phenoxy) is 4. The van der Waals surface area contributed by atoms with Crippen molar-refractivity contribution in [1.82, 2.24) is 19.4 Å². The van der Waals surface area contributed by atoms with Crippen molar-refractivity contribution < 1.29 is 33.2 Å². The highest BCUT2D eigenvalue weighted by Gasteiger charge is 2.37. The van der Waals surface area contributed by atoms with Crippen LogP contribution in [-0.4, -0.2) is 96.2 Å². The first-order chi connectivity index (χ1) is 19.4. The molecule has 1 saturated heterocycles. The van der Waals surface area contributed by atoms with E-state index in [-0.39, 0.29) is 38.0 Å². The molecular weight excluding hydrogens is 519 g/mol. The number of methoxy groups -OCH3 is 2. The van der Waals surface area contributed by atoms with Crippen LogP contribution in [0.25, 0.3) is 0 Å². The van der Waals surface area contributed by atoms with Crippen LogP contribution in [-0.2, 0) is 22.6 Å². The smallest absolute Gasteiger partial charge is 0.248 e. The molecule has 11 heteroatoms. The minimum atomic E-state index is -1.37. The Kier molecular flexibility index (Phi) is 10.3. The molecule has 40 heavy (non-hydrogen) atoms. The number of aryl methyl sites for hydroxylation is 1. The van der Waals surface area contributed by atoms with E-state index in [2.05, 4.69) is 9.88 Å². The molecule has 10 nitrogen and oxygen atoms in total. The maximum Gasteiger partial charge on any atom is 0.248 e. The molecule has 1 aliphatic heterocycles. The summed E-state index contributed by atoms with van der Waals surface area (Å²) in [7, 11) is 3.07. The van der Waals surface area contributed by atoms with Gasteiger partial charge in [-0.2, -0.15) is 0 Å². The Bertz CT molecular complexity index is 1210. The van der Waals surface area contributed by atoms with Gasteiger partial charge < -0.3 is 33.5 Å². The molecule has 1 fully saturated rings. The van der Waals surface area contributed by atoms with Gasteiger partial charge in [-0.3, -0.25) is 9.69 Å². The summed E-state index contributed by atoms with van der Waals surface area (Å²) < 4.78 is 37.7. The Morgan fingerprint density at radius 3 is 2.62 bits per heavy atom. The SMILES string of the molecule is COCC(=O)N1CCN(Cc2ccc(OC)c(OCCCn3ccnc3)c2)C[C@@](O)(COc2ccc(F)cc2)C1. The third-order valence-corrected chi connectivity index (χ3v) is 6.64. The first-order valence-corrected chi connectivity index (χ1v) is 13.2. The number of hydrogen-bond acceptors (Lipinski definition) is 8. The Morgan fingerprint density at radius 1 is 1.07 bits per heavy atom. The molecule has 3 aromatic rings. The van der Waals surface area contributed by atoms with Gasteiger partial charge in [-0.15, -0.1) is 0 Å². The van der Waals surface area contributed by atoms with Crippen LogP contribution in [0.1, 0.15) is 12.0 Å². The number of aliphatic hydroxyl groups is 1. The number of nitrogens with zero attached hydrogens (tertiary/aromatic N) is 4. The number of halogens is 1. The molecule has 0 spiro atoms. The summed E-state index contributed by atoms with van der Waals surface area (Å²) in [4.78, 5) is 20.4. The molecule has 0 bridgehead atoms. The highest BCUT2D eigenvalue weighted by atomic mass is 19.1. The molecule has 1 amide bonds. The molecule has 1 N–H and O–H groups in total. The second-order valence-electron chi connectivity index (χ2n) is 9.91. The summed E-state index contributed by atoms with van der Waals surface area (Å²) in [6.07, 6.45) is 6.25. The minimum Gasteiger partial charge on any atom is -0.493 e. The van der Waals surface area contributed by atoms with Gasteiger partial charge in [0, 0.05) is 52.2 Å². The van der Waals surface area contributed by atoms with Crippen LogP contribution in [0.5, 0.6) is 17.2 Å². The van der Waals surface area contributed by atoms with E-state index in [1.165, 1.54) is 31.4 Å². The molecule has 0 unspecified atom stereocenters. The number of aromatic nitrogens is 2. The number of hydrogen-bond donors (Lipinski definition) is 1. The van der Waals surface area contributed by atoms with Gasteiger partial charge >= 0.3 is 0 Å². The highest BCUT2D eigenvalue weighted by molar-refractivity contribution is 5.77. The fourth-order valence-electron chi connectivity index (χ4n) is 4.68. The van der Waals surface area contributed by atoms with Crippen LogP contribution in [0.2, 0.25) is 0 Å². The second-order valence-corrected chi connectivity index (χ2v) is 9.91. The van der Waals surface area contributed by atoms with Crippen molar-refractivity contribution in [3.63, 3.8) is 0 Å². The zero-order valence-corrected chi connectivity index (χ0v) is 23.0. The van der Waals surface area contributed by atoms with Crippen molar-refractivity contribution in [2.24, 2.45) is 0 Å². The average molecular weight is 557 g/mol. The molecule has 1 atom stereocenters. The second kappa shape index (κ2) is 14.1. The van der Waals surface area contributed by atoms with Gasteiger partial charge in [0.15, 0.2) is 11.5 Å². The fraction of sp³-hybridized carbons (Fsp3) is 0.448. The zero-order valence-electron chi connectivity index (χ0n) is 23.0. The van der Waals surface area contributed by atoms with Crippen molar-refractivity contribution in [3.05, 3.63) is 72.6 Å². The third-order valence-electron chi connectivity index (χ3n) is 6.64. The van der Waals surface area contributed by atoms with Gasteiger partial charge in [-0.05, 0) is 48.4 Å². The van der Waals surface area contributed by atoms with Crippen LogP contribution < -0.4 is 14.2 Å². The maximum atomic E-state index is 13.3. The van der Waals surface area contributed by atoms with E-state index in [1.807, 2.05) is 29.0 Å². The maximum absolute atomic E-state index is 13.3. The standard InChI is InChI=1S/C29H37FN4O6/c1-37-18-28(35)34-14-13-33(19-29(36,20-34)21-40-25-7-5-24(30)6-8-25)17-23-4-9-26(38-2)27(16-23)39-15-3-11-32-12-10-31-22-32/h4-10,12,16,22,36H,3,11,13-15,17-21H2,1-2H3/t29-/m0/s1.